The molecule has 25 heavy (non-hydrogen) atoms. The van der Waals surface area contributed by atoms with E-state index in [1.54, 1.807) is 4.57 Å². The van der Waals surface area contributed by atoms with Gasteiger partial charge in [-0.05, 0) is 25.3 Å². The number of aromatic nitrogens is 1. The molecule has 0 aliphatic carbocycles. The van der Waals surface area contributed by atoms with Crippen molar-refractivity contribution in [2.24, 2.45) is 0 Å². The highest BCUT2D eigenvalue weighted by atomic mass is 32.1. The lowest BCUT2D eigenvalue weighted by Gasteiger charge is -2.32. The maximum absolute atomic E-state index is 12.4. The van der Waals surface area contributed by atoms with E-state index < -0.39 is 0 Å². The summed E-state index contributed by atoms with van der Waals surface area (Å²) < 4.78 is 7.64. The third-order valence-corrected chi connectivity index (χ3v) is 5.53. The Bertz CT molecular complexity index is 746. The first-order chi connectivity index (χ1) is 12.1. The number of hydrogen-bond acceptors (Lipinski definition) is 4. The molecule has 0 bridgehead atoms. The number of amides is 1. The number of benzene rings is 1. The van der Waals surface area contributed by atoms with Crippen LogP contribution in [-0.2, 0) is 22.7 Å². The quantitative estimate of drug-likeness (QED) is 0.796. The van der Waals surface area contributed by atoms with Crippen molar-refractivity contribution in [1.29, 1.82) is 0 Å². The van der Waals surface area contributed by atoms with Gasteiger partial charge in [0, 0.05) is 37.1 Å². The molecule has 0 N–H and O–H groups in total. The zero-order valence-corrected chi connectivity index (χ0v) is 15.3. The molecule has 1 fully saturated rings. The third-order valence-electron chi connectivity index (χ3n) is 4.65. The summed E-state index contributed by atoms with van der Waals surface area (Å²) >= 11 is 1.19. The fourth-order valence-corrected chi connectivity index (χ4v) is 3.86. The number of nitrogens with zero attached hydrogens (tertiary/aromatic N) is 2. The van der Waals surface area contributed by atoms with E-state index in [2.05, 4.69) is 12.1 Å². The number of piperidine rings is 1. The number of likely N-dealkylation sites (tertiary alicyclic amines) is 1. The smallest absolute Gasteiger partial charge is 0.307 e. The minimum absolute atomic E-state index is 0.0123. The summed E-state index contributed by atoms with van der Waals surface area (Å²) in [6.07, 6.45) is 2.34. The highest BCUT2D eigenvalue weighted by Crippen LogP contribution is 2.16. The zero-order valence-electron chi connectivity index (χ0n) is 14.5. The Morgan fingerprint density at radius 1 is 1.24 bits per heavy atom. The molecule has 1 amide bonds. The van der Waals surface area contributed by atoms with Gasteiger partial charge in [0.05, 0.1) is 12.7 Å². The molecular formula is C19H24N2O3S. The second-order valence-corrected chi connectivity index (χ2v) is 7.24. The van der Waals surface area contributed by atoms with Gasteiger partial charge in [0.1, 0.15) is 0 Å². The molecule has 0 saturated carbocycles. The lowest BCUT2D eigenvalue weighted by molar-refractivity contribution is -0.134. The number of hydrogen-bond donors (Lipinski definition) is 0. The summed E-state index contributed by atoms with van der Waals surface area (Å²) in [4.78, 5) is 26.0. The average Bonchev–Trinajstić information content (AvgIpc) is 2.97. The fraction of sp³-hybridized carbons (Fsp3) is 0.474. The first-order valence-corrected chi connectivity index (χ1v) is 9.59. The lowest BCUT2D eigenvalue weighted by Crippen LogP contribution is -2.41. The highest BCUT2D eigenvalue weighted by Gasteiger charge is 2.23. The largest absolute Gasteiger partial charge is 0.373 e. The number of aryl methyl sites for hydroxylation is 1. The standard InChI is InChI=1S/C19H24N2O3S/c1-15-14-25-19(23)21(15)12-9-18(22)20-10-7-17(8-11-20)24-13-16-5-3-2-4-6-16/h2-6,14,17H,7-13H2,1H3. The molecule has 6 heteroatoms. The van der Waals surface area contributed by atoms with Crippen LogP contribution in [0.2, 0.25) is 0 Å². The van der Waals surface area contributed by atoms with Crippen molar-refractivity contribution in [3.63, 3.8) is 0 Å². The maximum atomic E-state index is 12.4. The highest BCUT2D eigenvalue weighted by molar-refractivity contribution is 7.07. The molecule has 0 radical (unpaired) electrons. The normalized spacial score (nSPS) is 15.5. The van der Waals surface area contributed by atoms with Crippen LogP contribution in [0.4, 0.5) is 0 Å². The van der Waals surface area contributed by atoms with Crippen LogP contribution in [0.5, 0.6) is 0 Å². The first kappa shape index (κ1) is 17.9. The van der Waals surface area contributed by atoms with Crippen LogP contribution in [0.25, 0.3) is 0 Å². The van der Waals surface area contributed by atoms with Crippen LogP contribution in [0, 0.1) is 6.92 Å². The summed E-state index contributed by atoms with van der Waals surface area (Å²) in [6.45, 7) is 4.46. The van der Waals surface area contributed by atoms with Gasteiger partial charge in [-0.25, -0.2) is 0 Å². The second kappa shape index (κ2) is 8.45. The van der Waals surface area contributed by atoms with E-state index in [0.29, 0.717) is 19.6 Å². The number of ether oxygens (including phenoxy) is 1. The molecule has 5 nitrogen and oxygen atoms in total. The molecule has 1 aromatic heterocycles. The van der Waals surface area contributed by atoms with Gasteiger partial charge in [0.25, 0.3) is 0 Å². The molecule has 0 atom stereocenters. The predicted molar refractivity (Wildman–Crippen MR) is 98.8 cm³/mol. The van der Waals surface area contributed by atoms with Crippen molar-refractivity contribution in [3.05, 3.63) is 56.6 Å². The molecule has 1 aromatic carbocycles. The fourth-order valence-electron chi connectivity index (χ4n) is 3.10. The van der Waals surface area contributed by atoms with E-state index in [1.807, 2.05) is 35.4 Å². The summed E-state index contributed by atoms with van der Waals surface area (Å²) in [6, 6.07) is 10.2. The number of carbonyl (C=O) groups is 1. The van der Waals surface area contributed by atoms with Crippen LogP contribution < -0.4 is 4.87 Å². The van der Waals surface area contributed by atoms with Crippen LogP contribution >= 0.6 is 11.3 Å². The predicted octanol–water partition coefficient (Wildman–Crippen LogP) is 2.82. The van der Waals surface area contributed by atoms with E-state index in [1.165, 1.54) is 16.9 Å². The topological polar surface area (TPSA) is 51.5 Å². The Balaban J connectivity index is 1.41. The molecule has 134 valence electrons. The van der Waals surface area contributed by atoms with Crippen LogP contribution in [-0.4, -0.2) is 34.6 Å². The molecule has 1 aliphatic heterocycles. The van der Waals surface area contributed by atoms with Gasteiger partial charge in [-0.2, -0.15) is 0 Å². The van der Waals surface area contributed by atoms with Gasteiger partial charge in [0.2, 0.25) is 5.91 Å². The molecule has 1 saturated heterocycles. The summed E-state index contributed by atoms with van der Waals surface area (Å²) in [7, 11) is 0. The summed E-state index contributed by atoms with van der Waals surface area (Å²) in [5.41, 5.74) is 2.11. The molecule has 2 aromatic rings. The number of rotatable bonds is 6. The number of thiazole rings is 1. The van der Waals surface area contributed by atoms with E-state index in [9.17, 15) is 9.59 Å². The Morgan fingerprint density at radius 3 is 2.60 bits per heavy atom. The minimum Gasteiger partial charge on any atom is -0.373 e. The Morgan fingerprint density at radius 2 is 1.96 bits per heavy atom. The van der Waals surface area contributed by atoms with Gasteiger partial charge >= 0.3 is 4.87 Å². The molecule has 3 rings (SSSR count). The van der Waals surface area contributed by atoms with Crippen molar-refractivity contribution in [2.45, 2.75) is 45.4 Å². The summed E-state index contributed by atoms with van der Waals surface area (Å²) in [5.74, 6) is 0.124. The van der Waals surface area contributed by atoms with Crippen molar-refractivity contribution in [1.82, 2.24) is 9.47 Å². The minimum atomic E-state index is 0.0123. The van der Waals surface area contributed by atoms with Gasteiger partial charge in [-0.1, -0.05) is 41.7 Å². The van der Waals surface area contributed by atoms with E-state index in [4.69, 9.17) is 4.74 Å². The Kier molecular flexibility index (Phi) is 6.04. The number of carbonyl (C=O) groups excluding carboxylic acids is 1. The van der Waals surface area contributed by atoms with E-state index in [-0.39, 0.29) is 16.9 Å². The van der Waals surface area contributed by atoms with Crippen molar-refractivity contribution in [2.75, 3.05) is 13.1 Å². The van der Waals surface area contributed by atoms with Crippen LogP contribution in [0.15, 0.2) is 40.5 Å². The Hall–Kier alpha value is -1.92. The monoisotopic (exact) mass is 360 g/mol. The molecule has 0 spiro atoms. The third kappa shape index (κ3) is 4.80. The maximum Gasteiger partial charge on any atom is 0.307 e. The van der Waals surface area contributed by atoms with E-state index >= 15 is 0 Å². The zero-order chi connectivity index (χ0) is 17.6. The van der Waals surface area contributed by atoms with Gasteiger partial charge in [-0.3, -0.25) is 9.59 Å². The van der Waals surface area contributed by atoms with Gasteiger partial charge in [-0.15, -0.1) is 0 Å². The summed E-state index contributed by atoms with van der Waals surface area (Å²) in [5, 5.41) is 1.84. The lowest BCUT2D eigenvalue weighted by atomic mass is 10.1. The molecular weight excluding hydrogens is 336 g/mol. The van der Waals surface area contributed by atoms with Crippen molar-refractivity contribution in [3.8, 4) is 0 Å². The second-order valence-electron chi connectivity index (χ2n) is 6.42. The Labute approximate surface area is 151 Å². The van der Waals surface area contributed by atoms with Gasteiger partial charge < -0.3 is 14.2 Å². The van der Waals surface area contributed by atoms with E-state index in [0.717, 1.165) is 31.6 Å². The van der Waals surface area contributed by atoms with Crippen molar-refractivity contribution < 1.29 is 9.53 Å². The van der Waals surface area contributed by atoms with Crippen LogP contribution in [0.3, 0.4) is 0 Å². The molecule has 0 unspecified atom stereocenters. The van der Waals surface area contributed by atoms with Crippen molar-refractivity contribution >= 4 is 17.2 Å². The molecule has 2 heterocycles. The van der Waals surface area contributed by atoms with Gasteiger partial charge in [0.15, 0.2) is 0 Å². The molecule has 1 aliphatic rings. The first-order valence-electron chi connectivity index (χ1n) is 8.71. The average molecular weight is 360 g/mol. The van der Waals surface area contributed by atoms with Crippen LogP contribution in [0.1, 0.15) is 30.5 Å². The SMILES string of the molecule is Cc1csc(=O)n1CCC(=O)N1CCC(OCc2ccccc2)CC1.